The highest BCUT2D eigenvalue weighted by molar-refractivity contribution is 6.16. The lowest BCUT2D eigenvalue weighted by Crippen LogP contribution is -2.20. The lowest BCUT2D eigenvalue weighted by atomic mass is 9.76. The van der Waals surface area contributed by atoms with Gasteiger partial charge in [0.05, 0.1) is 5.69 Å². The predicted molar refractivity (Wildman–Crippen MR) is 103 cm³/mol. The van der Waals surface area contributed by atoms with Crippen LogP contribution in [0.5, 0.6) is 0 Å². The van der Waals surface area contributed by atoms with Crippen molar-refractivity contribution in [3.05, 3.63) is 64.3 Å². The summed E-state index contributed by atoms with van der Waals surface area (Å²) in [7, 11) is 0. The maximum atomic E-state index is 6.38. The van der Waals surface area contributed by atoms with Gasteiger partial charge in [0.25, 0.3) is 0 Å². The molecule has 2 nitrogen and oxygen atoms in total. The largest absolute Gasteiger partial charge is 0.455 e. The summed E-state index contributed by atoms with van der Waals surface area (Å²) in [5, 5.41) is 2.48. The van der Waals surface area contributed by atoms with Crippen LogP contribution >= 0.6 is 0 Å². The van der Waals surface area contributed by atoms with Crippen LogP contribution in [0.4, 0.5) is 0 Å². The van der Waals surface area contributed by atoms with E-state index in [9.17, 15) is 0 Å². The molecule has 2 aromatic heterocycles. The van der Waals surface area contributed by atoms with Crippen molar-refractivity contribution in [3.63, 3.8) is 0 Å². The molecule has 0 spiro atoms. The number of pyridine rings is 1. The first-order valence-electron chi connectivity index (χ1n) is 8.83. The zero-order valence-electron chi connectivity index (χ0n) is 15.3. The second kappa shape index (κ2) is 4.51. The van der Waals surface area contributed by atoms with Crippen LogP contribution < -0.4 is 0 Å². The van der Waals surface area contributed by atoms with E-state index >= 15 is 0 Å². The monoisotopic (exact) mass is 327 g/mol. The van der Waals surface area contributed by atoms with E-state index in [1.54, 1.807) is 0 Å². The number of benzene rings is 2. The third-order valence-electron chi connectivity index (χ3n) is 5.79. The molecule has 0 amide bonds. The Balaban J connectivity index is 2.14. The number of hydrogen-bond acceptors (Lipinski definition) is 2. The van der Waals surface area contributed by atoms with Gasteiger partial charge in [0.2, 0.25) is 0 Å². The molecule has 0 unspecified atom stereocenters. The van der Waals surface area contributed by atoms with Crippen molar-refractivity contribution in [1.82, 2.24) is 4.98 Å². The number of rotatable bonds is 0. The van der Waals surface area contributed by atoms with Crippen molar-refractivity contribution in [1.29, 1.82) is 0 Å². The summed E-state index contributed by atoms with van der Waals surface area (Å²) in [5.74, 6) is 0. The highest BCUT2D eigenvalue weighted by atomic mass is 16.3. The highest BCUT2D eigenvalue weighted by Crippen LogP contribution is 2.50. The number of nitrogens with zero attached hydrogens (tertiary/aromatic N) is 1. The molecule has 25 heavy (non-hydrogen) atoms. The van der Waals surface area contributed by atoms with E-state index in [1.165, 1.54) is 44.2 Å². The molecule has 0 aliphatic heterocycles. The summed E-state index contributed by atoms with van der Waals surface area (Å²) < 4.78 is 6.38. The summed E-state index contributed by atoms with van der Waals surface area (Å²) in [6, 6.07) is 11.1. The van der Waals surface area contributed by atoms with E-state index < -0.39 is 0 Å². The minimum atomic E-state index is -0.135. The van der Waals surface area contributed by atoms with E-state index in [0.717, 1.165) is 16.9 Å². The Kier molecular flexibility index (Phi) is 2.66. The quantitative estimate of drug-likeness (QED) is 0.383. The van der Waals surface area contributed by atoms with Crippen LogP contribution in [0.25, 0.3) is 33.2 Å². The zero-order valence-corrected chi connectivity index (χ0v) is 15.3. The van der Waals surface area contributed by atoms with E-state index in [1.807, 2.05) is 6.20 Å². The first-order chi connectivity index (χ1) is 11.9. The second-order valence-corrected chi connectivity index (χ2v) is 7.90. The van der Waals surface area contributed by atoms with E-state index in [4.69, 9.17) is 9.40 Å². The zero-order chi connectivity index (χ0) is 17.5. The molecule has 0 radical (unpaired) electrons. The molecular formula is C23H21NO. The van der Waals surface area contributed by atoms with Gasteiger partial charge in [0.15, 0.2) is 0 Å². The van der Waals surface area contributed by atoms with Crippen LogP contribution in [0, 0.1) is 20.8 Å². The van der Waals surface area contributed by atoms with Crippen molar-refractivity contribution in [2.24, 2.45) is 0 Å². The minimum absolute atomic E-state index is 0.135. The van der Waals surface area contributed by atoms with Gasteiger partial charge in [-0.05, 0) is 48.6 Å². The summed E-state index contributed by atoms with van der Waals surface area (Å²) in [5.41, 5.74) is 10.3. The van der Waals surface area contributed by atoms with Crippen molar-refractivity contribution in [2.75, 3.05) is 0 Å². The Labute approximate surface area is 147 Å². The fraction of sp³-hybridized carbons (Fsp3) is 0.261. The predicted octanol–water partition coefficient (Wildman–Crippen LogP) is 6.21. The van der Waals surface area contributed by atoms with Crippen molar-refractivity contribution in [3.8, 4) is 11.3 Å². The van der Waals surface area contributed by atoms with Gasteiger partial charge in [0.1, 0.15) is 11.2 Å². The lowest BCUT2D eigenvalue weighted by Gasteiger charge is -2.27. The van der Waals surface area contributed by atoms with Crippen molar-refractivity contribution >= 4 is 21.9 Å². The van der Waals surface area contributed by atoms with Crippen LogP contribution in [-0.4, -0.2) is 4.98 Å². The number of furan rings is 1. The first kappa shape index (κ1) is 14.7. The van der Waals surface area contributed by atoms with Gasteiger partial charge >= 0.3 is 0 Å². The van der Waals surface area contributed by atoms with Crippen molar-refractivity contribution in [2.45, 2.75) is 40.0 Å². The Morgan fingerprint density at radius 2 is 1.52 bits per heavy atom. The van der Waals surface area contributed by atoms with Gasteiger partial charge < -0.3 is 4.42 Å². The number of fused-ring (bicyclic) bond motifs is 2. The van der Waals surface area contributed by atoms with Gasteiger partial charge in [-0.2, -0.15) is 0 Å². The SMILES string of the molecule is Cc1cnc2c(c1)C(C)(C)c1ccc(C)c3oc4c(C)ccc-2c4c13. The summed E-state index contributed by atoms with van der Waals surface area (Å²) in [6.45, 7) is 11.0. The molecule has 124 valence electrons. The average molecular weight is 327 g/mol. The van der Waals surface area contributed by atoms with Gasteiger partial charge in [-0.3, -0.25) is 4.98 Å². The molecule has 0 bridgehead atoms. The number of hydrogen-bond donors (Lipinski definition) is 0. The van der Waals surface area contributed by atoms with Gasteiger partial charge in [0, 0.05) is 27.9 Å². The summed E-state index contributed by atoms with van der Waals surface area (Å²) in [4.78, 5) is 4.86. The molecule has 0 atom stereocenters. The molecule has 4 aromatic rings. The standard InChI is InChI=1S/C23H21NO/c1-12-10-17-20(24-11-12)15-8-6-13(2)21-18(15)19-16(23(17,4)5)9-7-14(3)22(19)25-21/h6-11H,1-5H3. The van der Waals surface area contributed by atoms with Crippen LogP contribution in [-0.2, 0) is 5.41 Å². The van der Waals surface area contributed by atoms with Crippen LogP contribution in [0.15, 0.2) is 40.9 Å². The molecule has 1 aliphatic carbocycles. The Hall–Kier alpha value is -2.61. The fourth-order valence-electron chi connectivity index (χ4n) is 4.36. The molecule has 2 heterocycles. The maximum absolute atomic E-state index is 6.38. The molecule has 2 aromatic carbocycles. The molecular weight excluding hydrogens is 306 g/mol. The van der Waals surface area contributed by atoms with Crippen LogP contribution in [0.1, 0.15) is 41.7 Å². The first-order valence-corrected chi connectivity index (χ1v) is 8.83. The average Bonchev–Trinajstić information content (AvgIpc) is 2.95. The summed E-state index contributed by atoms with van der Waals surface area (Å²) in [6.07, 6.45) is 1.97. The molecule has 1 aliphatic rings. The Morgan fingerprint density at radius 1 is 0.840 bits per heavy atom. The lowest BCUT2D eigenvalue weighted by molar-refractivity contribution is 0.639. The molecule has 0 N–H and O–H groups in total. The van der Waals surface area contributed by atoms with Crippen LogP contribution in [0.2, 0.25) is 0 Å². The second-order valence-electron chi connectivity index (χ2n) is 7.90. The molecule has 0 saturated heterocycles. The number of aryl methyl sites for hydroxylation is 3. The molecule has 0 saturated carbocycles. The molecule has 0 fully saturated rings. The van der Waals surface area contributed by atoms with Crippen molar-refractivity contribution < 1.29 is 4.42 Å². The summed E-state index contributed by atoms with van der Waals surface area (Å²) >= 11 is 0. The minimum Gasteiger partial charge on any atom is -0.455 e. The number of aromatic nitrogens is 1. The Bertz CT molecular complexity index is 1190. The van der Waals surface area contributed by atoms with E-state index in [-0.39, 0.29) is 5.41 Å². The fourth-order valence-corrected chi connectivity index (χ4v) is 4.36. The van der Waals surface area contributed by atoms with Gasteiger partial charge in [-0.15, -0.1) is 0 Å². The molecule has 2 heteroatoms. The topological polar surface area (TPSA) is 26.0 Å². The van der Waals surface area contributed by atoms with Gasteiger partial charge in [-0.25, -0.2) is 0 Å². The van der Waals surface area contributed by atoms with E-state index in [2.05, 4.69) is 65.0 Å². The van der Waals surface area contributed by atoms with Gasteiger partial charge in [-0.1, -0.05) is 44.2 Å². The maximum Gasteiger partial charge on any atom is 0.139 e. The third-order valence-corrected chi connectivity index (χ3v) is 5.79. The molecule has 5 rings (SSSR count). The normalized spacial score (nSPS) is 14.9. The van der Waals surface area contributed by atoms with E-state index in [0.29, 0.717) is 0 Å². The van der Waals surface area contributed by atoms with Crippen LogP contribution in [0.3, 0.4) is 0 Å². The third kappa shape index (κ3) is 1.72. The smallest absolute Gasteiger partial charge is 0.139 e. The Morgan fingerprint density at radius 3 is 2.28 bits per heavy atom. The highest BCUT2D eigenvalue weighted by Gasteiger charge is 2.35.